The van der Waals surface area contributed by atoms with Gasteiger partial charge >= 0.3 is 0 Å². The van der Waals surface area contributed by atoms with Crippen molar-refractivity contribution in [2.45, 2.75) is 18.8 Å². The molecule has 1 aliphatic carbocycles. The van der Waals surface area contributed by atoms with E-state index in [2.05, 4.69) is 21.3 Å². The predicted octanol–water partition coefficient (Wildman–Crippen LogP) is 3.80. The first-order valence-electron chi connectivity index (χ1n) is 12.2. The third kappa shape index (κ3) is 5.20. The van der Waals surface area contributed by atoms with Gasteiger partial charge in [-0.2, -0.15) is 0 Å². The number of thiazole rings is 1. The van der Waals surface area contributed by atoms with E-state index in [0.29, 0.717) is 35.3 Å². The highest BCUT2D eigenvalue weighted by Gasteiger charge is 2.36. The van der Waals surface area contributed by atoms with Gasteiger partial charge in [-0.1, -0.05) is 6.07 Å². The highest BCUT2D eigenvalue weighted by molar-refractivity contribution is 7.16. The van der Waals surface area contributed by atoms with Gasteiger partial charge in [0.2, 0.25) is 5.91 Å². The molecule has 1 atom stereocenters. The summed E-state index contributed by atoms with van der Waals surface area (Å²) >= 11 is 1.44. The van der Waals surface area contributed by atoms with Crippen LogP contribution in [-0.4, -0.2) is 69.2 Å². The van der Waals surface area contributed by atoms with Crippen LogP contribution in [0.5, 0.6) is 17.2 Å². The summed E-state index contributed by atoms with van der Waals surface area (Å²) in [7, 11) is 4.74. The Kier molecular flexibility index (Phi) is 7.18. The highest BCUT2D eigenvalue weighted by atomic mass is 32.1. The number of hydrogen-bond donors (Lipinski definition) is 1. The molecule has 2 amide bonds. The Balaban J connectivity index is 1.23. The molecule has 3 aromatic rings. The van der Waals surface area contributed by atoms with Crippen LogP contribution in [0.25, 0.3) is 0 Å². The van der Waals surface area contributed by atoms with Gasteiger partial charge in [-0.15, -0.1) is 11.3 Å². The Morgan fingerprint density at radius 1 is 0.946 bits per heavy atom. The fraction of sp³-hybridized carbons (Fsp3) is 0.370. The van der Waals surface area contributed by atoms with Crippen molar-refractivity contribution < 1.29 is 23.8 Å². The van der Waals surface area contributed by atoms with E-state index in [1.165, 1.54) is 25.6 Å². The summed E-state index contributed by atoms with van der Waals surface area (Å²) < 4.78 is 15.9. The van der Waals surface area contributed by atoms with Crippen molar-refractivity contribution in [3.05, 3.63) is 58.6 Å². The predicted molar refractivity (Wildman–Crippen MR) is 142 cm³/mol. The lowest BCUT2D eigenvalue weighted by Crippen LogP contribution is -2.50. The van der Waals surface area contributed by atoms with Crippen LogP contribution in [-0.2, 0) is 11.2 Å². The molecule has 5 rings (SSSR count). The Bertz CT molecular complexity index is 1280. The van der Waals surface area contributed by atoms with E-state index in [4.69, 9.17) is 14.2 Å². The number of anilines is 2. The van der Waals surface area contributed by atoms with Gasteiger partial charge in [-0.25, -0.2) is 4.98 Å². The average molecular weight is 523 g/mol. The van der Waals surface area contributed by atoms with Crippen LogP contribution in [0, 0.1) is 0 Å². The van der Waals surface area contributed by atoms with Crippen molar-refractivity contribution in [3.63, 3.8) is 0 Å². The average Bonchev–Trinajstić information content (AvgIpc) is 3.52. The second-order valence-corrected chi connectivity index (χ2v) is 10.1. The number of ether oxygens (including phenoxy) is 3. The zero-order chi connectivity index (χ0) is 25.9. The molecule has 1 unspecified atom stereocenters. The number of fused-ring (bicyclic) bond motifs is 1. The van der Waals surface area contributed by atoms with Crippen molar-refractivity contribution >= 4 is 34.0 Å². The molecule has 1 N–H and O–H groups in total. The van der Waals surface area contributed by atoms with Crippen LogP contribution in [0.15, 0.2) is 42.5 Å². The maximum Gasteiger partial charge on any atom is 0.257 e. The molecule has 1 aliphatic heterocycles. The van der Waals surface area contributed by atoms with E-state index in [9.17, 15) is 9.59 Å². The Labute approximate surface area is 220 Å². The molecule has 2 aliphatic rings. The topological polar surface area (TPSA) is 93.2 Å². The van der Waals surface area contributed by atoms with Crippen LogP contribution in [0.1, 0.15) is 33.3 Å². The first kappa shape index (κ1) is 24.9. The van der Waals surface area contributed by atoms with Crippen LogP contribution in [0.3, 0.4) is 0 Å². The molecule has 1 aromatic heterocycles. The summed E-state index contributed by atoms with van der Waals surface area (Å²) in [6.45, 7) is 2.85. The van der Waals surface area contributed by atoms with E-state index in [0.717, 1.165) is 47.9 Å². The Morgan fingerprint density at radius 3 is 2.32 bits per heavy atom. The van der Waals surface area contributed by atoms with Crippen LogP contribution in [0.4, 0.5) is 10.8 Å². The molecule has 0 bridgehead atoms. The fourth-order valence-corrected chi connectivity index (χ4v) is 5.87. The second kappa shape index (κ2) is 10.7. The van der Waals surface area contributed by atoms with Crippen molar-refractivity contribution in [2.75, 3.05) is 57.7 Å². The number of hydrogen-bond acceptors (Lipinski definition) is 8. The number of benzene rings is 2. The molecular weight excluding hydrogens is 492 g/mol. The number of carbonyl (C=O) groups is 2. The van der Waals surface area contributed by atoms with Gasteiger partial charge in [0.1, 0.15) is 17.2 Å². The highest BCUT2D eigenvalue weighted by Crippen LogP contribution is 2.39. The Morgan fingerprint density at radius 2 is 1.65 bits per heavy atom. The molecule has 2 aromatic carbocycles. The minimum atomic E-state index is -0.304. The lowest BCUT2D eigenvalue weighted by Gasteiger charge is -2.37. The van der Waals surface area contributed by atoms with Crippen molar-refractivity contribution in [3.8, 4) is 17.2 Å². The zero-order valence-corrected chi connectivity index (χ0v) is 22.0. The van der Waals surface area contributed by atoms with E-state index in [1.54, 1.807) is 25.3 Å². The number of carbonyl (C=O) groups excluding carboxylic acids is 2. The molecular formula is C27H30N4O5S. The third-order valence-corrected chi connectivity index (χ3v) is 7.91. The molecule has 194 valence electrons. The summed E-state index contributed by atoms with van der Waals surface area (Å²) in [5.41, 5.74) is 2.31. The monoisotopic (exact) mass is 522 g/mol. The third-order valence-electron chi connectivity index (χ3n) is 6.86. The molecule has 9 nitrogen and oxygen atoms in total. The molecule has 10 heteroatoms. The smallest absolute Gasteiger partial charge is 0.257 e. The van der Waals surface area contributed by atoms with Gasteiger partial charge in [0.05, 0.1) is 32.9 Å². The van der Waals surface area contributed by atoms with Gasteiger partial charge in [0.25, 0.3) is 5.91 Å². The largest absolute Gasteiger partial charge is 0.497 e. The lowest BCUT2D eigenvalue weighted by atomic mass is 10.1. The molecule has 2 heterocycles. The number of nitrogens with one attached hydrogen (secondary N) is 1. The van der Waals surface area contributed by atoms with Crippen LogP contribution in [0.2, 0.25) is 0 Å². The number of amides is 2. The maximum atomic E-state index is 13.4. The first-order chi connectivity index (χ1) is 18.0. The SMILES string of the molecule is COc1cc(OC)cc(C(=O)Nc2nc3c(s2)CCC3C(=O)N2CCN(c3cccc(OC)c3)CC2)c1. The van der Waals surface area contributed by atoms with Gasteiger partial charge in [-0.3, -0.25) is 14.9 Å². The first-order valence-corrected chi connectivity index (χ1v) is 13.0. The van der Waals surface area contributed by atoms with E-state index in [1.807, 2.05) is 23.1 Å². The van der Waals surface area contributed by atoms with Crippen molar-refractivity contribution in [1.82, 2.24) is 9.88 Å². The van der Waals surface area contributed by atoms with Gasteiger partial charge < -0.3 is 24.0 Å². The number of methoxy groups -OCH3 is 3. The zero-order valence-electron chi connectivity index (χ0n) is 21.2. The van der Waals surface area contributed by atoms with Crippen LogP contribution < -0.4 is 24.4 Å². The number of rotatable bonds is 7. The number of aryl methyl sites for hydroxylation is 1. The van der Waals surface area contributed by atoms with Gasteiger partial charge in [0, 0.05) is 54.4 Å². The van der Waals surface area contributed by atoms with Gasteiger partial charge in [0.15, 0.2) is 5.13 Å². The molecule has 1 saturated heterocycles. The standard InChI is InChI=1S/C27H30N4O5S/c1-34-19-6-4-5-18(15-19)30-9-11-31(12-10-30)26(33)22-7-8-23-24(22)28-27(37-23)29-25(32)17-13-20(35-2)16-21(14-17)36-3/h4-6,13-16,22H,7-12H2,1-3H3,(H,28,29,32). The Hall–Kier alpha value is -3.79. The minimum absolute atomic E-state index is 0.116. The van der Waals surface area contributed by atoms with Crippen molar-refractivity contribution in [1.29, 1.82) is 0 Å². The maximum absolute atomic E-state index is 13.4. The van der Waals surface area contributed by atoms with Gasteiger partial charge in [-0.05, 0) is 37.1 Å². The quantitative estimate of drug-likeness (QED) is 0.505. The van der Waals surface area contributed by atoms with E-state index < -0.39 is 0 Å². The number of aromatic nitrogens is 1. The molecule has 0 radical (unpaired) electrons. The van der Waals surface area contributed by atoms with E-state index >= 15 is 0 Å². The summed E-state index contributed by atoms with van der Waals surface area (Å²) in [5, 5.41) is 3.38. The molecule has 0 spiro atoms. The second-order valence-electron chi connectivity index (χ2n) is 8.99. The summed E-state index contributed by atoms with van der Waals surface area (Å²) in [6, 6.07) is 13.0. The summed E-state index contributed by atoms with van der Waals surface area (Å²) in [5.74, 6) is 1.43. The minimum Gasteiger partial charge on any atom is -0.497 e. The number of nitrogens with zero attached hydrogens (tertiary/aromatic N) is 3. The fourth-order valence-electron chi connectivity index (χ4n) is 4.84. The lowest BCUT2D eigenvalue weighted by molar-refractivity contribution is -0.133. The van der Waals surface area contributed by atoms with Crippen molar-refractivity contribution in [2.24, 2.45) is 0 Å². The summed E-state index contributed by atoms with van der Waals surface area (Å²) in [4.78, 5) is 36.3. The molecule has 1 fully saturated rings. The van der Waals surface area contributed by atoms with E-state index in [-0.39, 0.29) is 17.7 Å². The molecule has 0 saturated carbocycles. The molecule has 37 heavy (non-hydrogen) atoms. The van der Waals surface area contributed by atoms with Crippen LogP contribution >= 0.6 is 11.3 Å². The summed E-state index contributed by atoms with van der Waals surface area (Å²) in [6.07, 6.45) is 1.54. The number of piperazine rings is 1. The normalized spacial score (nSPS) is 16.8.